The number of halogens is 1. The highest BCUT2D eigenvalue weighted by Gasteiger charge is 2.33. The number of nitrogens with one attached hydrogen (secondary N) is 2. The number of aromatic amines is 1. The van der Waals surface area contributed by atoms with E-state index in [1.807, 2.05) is 0 Å². The number of aryl methyl sites for hydroxylation is 1. The lowest BCUT2D eigenvalue weighted by Gasteiger charge is -2.37. The lowest BCUT2D eigenvalue weighted by atomic mass is 10.2. The highest BCUT2D eigenvalue weighted by molar-refractivity contribution is 7.89. The Hall–Kier alpha value is -0.670. The zero-order chi connectivity index (χ0) is 14.2. The first-order valence-corrected chi connectivity index (χ1v) is 8.48. The van der Waals surface area contributed by atoms with Crippen molar-refractivity contribution in [3.63, 3.8) is 0 Å². The van der Waals surface area contributed by atoms with Crippen molar-refractivity contribution < 1.29 is 8.42 Å². The van der Waals surface area contributed by atoms with E-state index in [9.17, 15) is 8.42 Å². The fourth-order valence-electron chi connectivity index (χ4n) is 3.00. The van der Waals surface area contributed by atoms with E-state index < -0.39 is 10.0 Å². The summed E-state index contributed by atoms with van der Waals surface area (Å²) in [6.45, 7) is 6.56. The third-order valence-electron chi connectivity index (χ3n) is 4.23. The van der Waals surface area contributed by atoms with E-state index in [1.165, 1.54) is 6.20 Å². The molecule has 1 unspecified atom stereocenters. The molecule has 7 nitrogen and oxygen atoms in total. The molecule has 2 fully saturated rings. The summed E-state index contributed by atoms with van der Waals surface area (Å²) >= 11 is 0. The molecule has 1 aromatic heterocycles. The van der Waals surface area contributed by atoms with Gasteiger partial charge >= 0.3 is 0 Å². The van der Waals surface area contributed by atoms with Crippen LogP contribution in [0.5, 0.6) is 0 Å². The fourth-order valence-corrected chi connectivity index (χ4v) is 4.54. The quantitative estimate of drug-likeness (QED) is 0.800. The minimum atomic E-state index is -3.40. The summed E-state index contributed by atoms with van der Waals surface area (Å²) in [5.41, 5.74) is 0.604. The number of sulfonamides is 1. The molecule has 9 heteroatoms. The van der Waals surface area contributed by atoms with Gasteiger partial charge in [-0.15, -0.1) is 12.4 Å². The third-order valence-corrected chi connectivity index (χ3v) is 6.24. The van der Waals surface area contributed by atoms with Crippen LogP contribution in [0.3, 0.4) is 0 Å². The van der Waals surface area contributed by atoms with Crippen molar-refractivity contribution >= 4 is 22.4 Å². The normalized spacial score (nSPS) is 24.9. The van der Waals surface area contributed by atoms with Crippen LogP contribution in [-0.4, -0.2) is 73.1 Å². The number of hydrogen-bond acceptors (Lipinski definition) is 5. The van der Waals surface area contributed by atoms with Gasteiger partial charge in [0.2, 0.25) is 10.0 Å². The number of rotatable bonds is 3. The van der Waals surface area contributed by atoms with Gasteiger partial charge in [0.15, 0.2) is 0 Å². The number of nitrogens with zero attached hydrogens (tertiary/aromatic N) is 3. The van der Waals surface area contributed by atoms with Gasteiger partial charge in [-0.2, -0.15) is 9.40 Å². The molecule has 1 aromatic rings. The highest BCUT2D eigenvalue weighted by Crippen LogP contribution is 2.20. The second-order valence-corrected chi connectivity index (χ2v) is 7.35. The van der Waals surface area contributed by atoms with E-state index in [0.717, 1.165) is 32.6 Å². The van der Waals surface area contributed by atoms with Crippen molar-refractivity contribution in [3.8, 4) is 0 Å². The Labute approximate surface area is 131 Å². The molecule has 21 heavy (non-hydrogen) atoms. The van der Waals surface area contributed by atoms with Crippen LogP contribution in [0, 0.1) is 6.92 Å². The van der Waals surface area contributed by atoms with Crippen LogP contribution in [0.4, 0.5) is 0 Å². The molecule has 3 heterocycles. The van der Waals surface area contributed by atoms with Crippen LogP contribution in [0.15, 0.2) is 11.1 Å². The first kappa shape index (κ1) is 16.7. The summed E-state index contributed by atoms with van der Waals surface area (Å²) in [7, 11) is -3.40. The van der Waals surface area contributed by atoms with E-state index in [4.69, 9.17) is 0 Å². The van der Waals surface area contributed by atoms with Crippen LogP contribution >= 0.6 is 12.4 Å². The van der Waals surface area contributed by atoms with Crippen molar-refractivity contribution in [2.45, 2.75) is 24.3 Å². The van der Waals surface area contributed by atoms with Crippen molar-refractivity contribution in [1.82, 2.24) is 24.7 Å². The Kier molecular flexibility index (Phi) is 5.26. The Balaban J connectivity index is 0.00000161. The molecule has 120 valence electrons. The van der Waals surface area contributed by atoms with Gasteiger partial charge in [-0.25, -0.2) is 8.42 Å². The maximum absolute atomic E-state index is 12.5. The molecule has 0 radical (unpaired) electrons. The van der Waals surface area contributed by atoms with E-state index in [2.05, 4.69) is 20.4 Å². The molecule has 2 aliphatic rings. The van der Waals surface area contributed by atoms with Gasteiger partial charge in [0.1, 0.15) is 4.90 Å². The topological polar surface area (TPSA) is 81.3 Å². The zero-order valence-electron chi connectivity index (χ0n) is 12.1. The van der Waals surface area contributed by atoms with Crippen LogP contribution in [0.2, 0.25) is 0 Å². The van der Waals surface area contributed by atoms with Crippen LogP contribution in [0.25, 0.3) is 0 Å². The van der Waals surface area contributed by atoms with Crippen molar-refractivity contribution in [2.75, 3.05) is 39.3 Å². The lowest BCUT2D eigenvalue weighted by molar-refractivity contribution is 0.145. The fraction of sp³-hybridized carbons (Fsp3) is 0.750. The molecule has 2 N–H and O–H groups in total. The average molecular weight is 336 g/mol. The Morgan fingerprint density at radius 2 is 2.00 bits per heavy atom. The molecule has 0 spiro atoms. The SMILES string of the molecule is Cc1[nH]ncc1S(=O)(=O)N1CCN(C2CCNC2)CC1.Cl. The molecule has 2 aliphatic heterocycles. The standard InChI is InChI=1S/C12H21N5O2S.ClH/c1-10-12(9-14-15-10)20(18,19)17-6-4-16(5-7-17)11-2-3-13-8-11;/h9,11,13H,2-8H2,1H3,(H,14,15);1H. The molecule has 0 saturated carbocycles. The van der Waals surface area contributed by atoms with Gasteiger partial charge in [0.05, 0.1) is 11.9 Å². The molecule has 0 bridgehead atoms. The Bertz CT molecular complexity index is 562. The molecule has 2 saturated heterocycles. The Morgan fingerprint density at radius 1 is 1.29 bits per heavy atom. The van der Waals surface area contributed by atoms with E-state index in [1.54, 1.807) is 11.2 Å². The minimum absolute atomic E-state index is 0. The monoisotopic (exact) mass is 335 g/mol. The van der Waals surface area contributed by atoms with E-state index in [-0.39, 0.29) is 12.4 Å². The van der Waals surface area contributed by atoms with Crippen molar-refractivity contribution in [3.05, 3.63) is 11.9 Å². The molecule has 0 amide bonds. The number of aromatic nitrogens is 2. The van der Waals surface area contributed by atoms with Gasteiger partial charge in [0, 0.05) is 38.8 Å². The van der Waals surface area contributed by atoms with E-state index in [0.29, 0.717) is 29.7 Å². The summed E-state index contributed by atoms with van der Waals surface area (Å²) < 4.78 is 26.6. The van der Waals surface area contributed by atoms with Gasteiger partial charge in [-0.1, -0.05) is 0 Å². The molecular formula is C12H22ClN5O2S. The smallest absolute Gasteiger partial charge is 0.246 e. The first-order chi connectivity index (χ1) is 9.59. The van der Waals surface area contributed by atoms with Gasteiger partial charge < -0.3 is 5.32 Å². The summed E-state index contributed by atoms with van der Waals surface area (Å²) in [5, 5.41) is 9.86. The Morgan fingerprint density at radius 3 is 2.52 bits per heavy atom. The van der Waals surface area contributed by atoms with E-state index >= 15 is 0 Å². The number of piperazine rings is 1. The number of hydrogen-bond donors (Lipinski definition) is 2. The average Bonchev–Trinajstić information content (AvgIpc) is 3.10. The lowest BCUT2D eigenvalue weighted by Crippen LogP contribution is -2.52. The second kappa shape index (κ2) is 6.62. The highest BCUT2D eigenvalue weighted by atomic mass is 35.5. The largest absolute Gasteiger partial charge is 0.315 e. The predicted molar refractivity (Wildman–Crippen MR) is 82.2 cm³/mol. The molecule has 0 aliphatic carbocycles. The minimum Gasteiger partial charge on any atom is -0.315 e. The second-order valence-electron chi connectivity index (χ2n) is 5.45. The van der Waals surface area contributed by atoms with Gasteiger partial charge in [0.25, 0.3) is 0 Å². The number of H-pyrrole nitrogens is 1. The molecule has 1 atom stereocenters. The van der Waals surface area contributed by atoms with Gasteiger partial charge in [-0.3, -0.25) is 10.00 Å². The summed E-state index contributed by atoms with van der Waals surface area (Å²) in [4.78, 5) is 2.70. The maximum Gasteiger partial charge on any atom is 0.246 e. The van der Waals surface area contributed by atoms with Gasteiger partial charge in [-0.05, 0) is 19.9 Å². The van der Waals surface area contributed by atoms with Crippen molar-refractivity contribution in [1.29, 1.82) is 0 Å². The molecule has 0 aromatic carbocycles. The maximum atomic E-state index is 12.5. The third kappa shape index (κ3) is 3.24. The zero-order valence-corrected chi connectivity index (χ0v) is 13.7. The summed E-state index contributed by atoms with van der Waals surface area (Å²) in [6, 6.07) is 0.565. The summed E-state index contributed by atoms with van der Waals surface area (Å²) in [5.74, 6) is 0. The predicted octanol–water partition coefficient (Wildman–Crippen LogP) is -0.192. The summed E-state index contributed by atoms with van der Waals surface area (Å²) in [6.07, 6.45) is 2.56. The van der Waals surface area contributed by atoms with Crippen LogP contribution < -0.4 is 5.32 Å². The van der Waals surface area contributed by atoms with Crippen LogP contribution in [0.1, 0.15) is 12.1 Å². The molecule has 3 rings (SSSR count). The van der Waals surface area contributed by atoms with Crippen LogP contribution in [-0.2, 0) is 10.0 Å². The first-order valence-electron chi connectivity index (χ1n) is 7.04. The van der Waals surface area contributed by atoms with Crippen molar-refractivity contribution in [2.24, 2.45) is 0 Å². The molecular weight excluding hydrogens is 314 g/mol.